The van der Waals surface area contributed by atoms with Crippen molar-refractivity contribution in [2.24, 2.45) is 0 Å². The lowest BCUT2D eigenvalue weighted by molar-refractivity contribution is -0.136. The Morgan fingerprint density at radius 1 is 1.14 bits per heavy atom. The molecule has 3 N–H and O–H groups in total. The predicted octanol–water partition coefficient (Wildman–Crippen LogP) is 3.01. The maximum atomic E-state index is 13.1. The number of esters is 1. The number of hydrogen-bond donors (Lipinski definition) is 3. The minimum atomic E-state index is -0.612. The molecule has 0 unspecified atom stereocenters. The highest BCUT2D eigenvalue weighted by molar-refractivity contribution is 5.95. The first kappa shape index (κ1) is 20.5. The van der Waals surface area contributed by atoms with Gasteiger partial charge in [-0.3, -0.25) is 0 Å². The number of halogens is 1. The molecule has 152 valence electrons. The Morgan fingerprint density at radius 2 is 1.86 bits per heavy atom. The third-order valence-electron chi connectivity index (χ3n) is 4.85. The largest absolute Gasteiger partial charge is 0.466 e. The standard InChI is InChI=1S/C22H24FN3O3/c1-13-4-5-14(2)17(10-13)20-19(21(27)29-3)18(25-22(28)26-20)12-24-11-15-6-8-16(23)9-7-15/h4-10,20,24H,11-12H2,1-3H3,(H2,25,26,28)/t20-/m0/s1. The smallest absolute Gasteiger partial charge is 0.338 e. The molecule has 0 saturated carbocycles. The van der Waals surface area contributed by atoms with Crippen LogP contribution >= 0.6 is 0 Å². The van der Waals surface area contributed by atoms with Crippen molar-refractivity contribution in [1.82, 2.24) is 16.0 Å². The second kappa shape index (κ2) is 8.87. The SMILES string of the molecule is COC(=O)C1=C(CNCc2ccc(F)cc2)NC(=O)N[C@H]1c1cc(C)ccc1C. The van der Waals surface area contributed by atoms with E-state index in [1.54, 1.807) is 12.1 Å². The van der Waals surface area contributed by atoms with Gasteiger partial charge in [0.05, 0.1) is 18.7 Å². The summed E-state index contributed by atoms with van der Waals surface area (Å²) >= 11 is 0. The van der Waals surface area contributed by atoms with Crippen molar-refractivity contribution in [2.45, 2.75) is 26.4 Å². The summed E-state index contributed by atoms with van der Waals surface area (Å²) in [6.07, 6.45) is 0. The fourth-order valence-corrected chi connectivity index (χ4v) is 3.35. The van der Waals surface area contributed by atoms with E-state index in [9.17, 15) is 14.0 Å². The molecule has 2 amide bonds. The van der Waals surface area contributed by atoms with Crippen LogP contribution in [-0.4, -0.2) is 25.7 Å². The van der Waals surface area contributed by atoms with Crippen molar-refractivity contribution in [3.63, 3.8) is 0 Å². The highest BCUT2D eigenvalue weighted by Crippen LogP contribution is 2.30. The number of hydrogen-bond acceptors (Lipinski definition) is 4. The van der Waals surface area contributed by atoms with Gasteiger partial charge < -0.3 is 20.7 Å². The van der Waals surface area contributed by atoms with Crippen LogP contribution < -0.4 is 16.0 Å². The topological polar surface area (TPSA) is 79.5 Å². The highest BCUT2D eigenvalue weighted by atomic mass is 19.1. The summed E-state index contributed by atoms with van der Waals surface area (Å²) in [4.78, 5) is 24.9. The van der Waals surface area contributed by atoms with Crippen LogP contribution in [0, 0.1) is 19.7 Å². The van der Waals surface area contributed by atoms with Crippen LogP contribution in [0.5, 0.6) is 0 Å². The molecule has 29 heavy (non-hydrogen) atoms. The van der Waals surface area contributed by atoms with Crippen LogP contribution in [0.2, 0.25) is 0 Å². The number of carbonyl (C=O) groups excluding carboxylic acids is 2. The number of ether oxygens (including phenoxy) is 1. The van der Waals surface area contributed by atoms with Crippen LogP contribution in [-0.2, 0) is 16.1 Å². The second-order valence-electron chi connectivity index (χ2n) is 7.01. The lowest BCUT2D eigenvalue weighted by Crippen LogP contribution is -2.48. The van der Waals surface area contributed by atoms with Gasteiger partial charge in [-0.15, -0.1) is 0 Å². The summed E-state index contributed by atoms with van der Waals surface area (Å²) in [5.41, 5.74) is 4.52. The Bertz CT molecular complexity index is 954. The molecule has 0 fully saturated rings. The molecule has 1 aliphatic heterocycles. The number of amides is 2. The Kier molecular flexibility index (Phi) is 6.29. The van der Waals surface area contributed by atoms with E-state index in [4.69, 9.17) is 4.74 Å². The molecular formula is C22H24FN3O3. The normalized spacial score (nSPS) is 16.3. The van der Waals surface area contributed by atoms with Gasteiger partial charge in [0.25, 0.3) is 0 Å². The van der Waals surface area contributed by atoms with Gasteiger partial charge in [-0.1, -0.05) is 35.9 Å². The minimum absolute atomic E-state index is 0.247. The minimum Gasteiger partial charge on any atom is -0.466 e. The van der Waals surface area contributed by atoms with Gasteiger partial charge in [0.15, 0.2) is 0 Å². The van der Waals surface area contributed by atoms with E-state index in [1.165, 1.54) is 19.2 Å². The Labute approximate surface area is 169 Å². The first-order valence-corrected chi connectivity index (χ1v) is 9.30. The molecule has 6 nitrogen and oxygen atoms in total. The van der Waals surface area contributed by atoms with Crippen LogP contribution in [0.15, 0.2) is 53.7 Å². The predicted molar refractivity (Wildman–Crippen MR) is 107 cm³/mol. The monoisotopic (exact) mass is 397 g/mol. The molecule has 0 saturated heterocycles. The van der Waals surface area contributed by atoms with E-state index in [0.717, 1.165) is 22.3 Å². The number of carbonyl (C=O) groups is 2. The van der Waals surface area contributed by atoms with Crippen molar-refractivity contribution in [3.8, 4) is 0 Å². The van der Waals surface area contributed by atoms with Crippen molar-refractivity contribution < 1.29 is 18.7 Å². The highest BCUT2D eigenvalue weighted by Gasteiger charge is 2.34. The fraction of sp³-hybridized carbons (Fsp3) is 0.273. The fourth-order valence-electron chi connectivity index (χ4n) is 3.35. The van der Waals surface area contributed by atoms with Gasteiger partial charge in [0.2, 0.25) is 0 Å². The second-order valence-corrected chi connectivity index (χ2v) is 7.01. The maximum absolute atomic E-state index is 13.1. The zero-order valence-corrected chi connectivity index (χ0v) is 16.6. The molecule has 1 heterocycles. The number of aryl methyl sites for hydroxylation is 2. The summed E-state index contributed by atoms with van der Waals surface area (Å²) in [5, 5.41) is 8.74. The van der Waals surface area contributed by atoms with Crippen molar-refractivity contribution in [2.75, 3.05) is 13.7 Å². The molecule has 2 aromatic rings. The third kappa shape index (κ3) is 4.81. The molecule has 0 aliphatic carbocycles. The summed E-state index contributed by atoms with van der Waals surface area (Å²) in [6, 6.07) is 11.0. The van der Waals surface area contributed by atoms with Gasteiger partial charge in [0, 0.05) is 18.8 Å². The zero-order chi connectivity index (χ0) is 21.0. The molecule has 7 heteroatoms. The summed E-state index contributed by atoms with van der Waals surface area (Å²) in [7, 11) is 1.31. The van der Waals surface area contributed by atoms with E-state index < -0.39 is 12.0 Å². The Hall–Kier alpha value is -3.19. The van der Waals surface area contributed by atoms with Crippen molar-refractivity contribution >= 4 is 12.0 Å². The molecule has 3 rings (SSSR count). The van der Waals surface area contributed by atoms with Gasteiger partial charge in [0.1, 0.15) is 5.82 Å². The van der Waals surface area contributed by atoms with E-state index in [-0.39, 0.29) is 18.4 Å². The summed E-state index contributed by atoms with van der Waals surface area (Å²) < 4.78 is 18.1. The van der Waals surface area contributed by atoms with Crippen molar-refractivity contribution in [1.29, 1.82) is 0 Å². The zero-order valence-electron chi connectivity index (χ0n) is 16.6. The van der Waals surface area contributed by atoms with Crippen LogP contribution in [0.3, 0.4) is 0 Å². The molecule has 0 spiro atoms. The summed E-state index contributed by atoms with van der Waals surface area (Å²) in [5.74, 6) is -0.812. The van der Waals surface area contributed by atoms with Gasteiger partial charge in [-0.2, -0.15) is 0 Å². The Balaban J connectivity index is 1.90. The number of benzene rings is 2. The van der Waals surface area contributed by atoms with Gasteiger partial charge >= 0.3 is 12.0 Å². The molecule has 1 aliphatic rings. The van der Waals surface area contributed by atoms with E-state index in [0.29, 0.717) is 17.8 Å². The first-order valence-electron chi connectivity index (χ1n) is 9.30. The first-order chi connectivity index (χ1) is 13.9. The van der Waals surface area contributed by atoms with E-state index in [1.807, 2.05) is 32.0 Å². The quantitative estimate of drug-likeness (QED) is 0.655. The average Bonchev–Trinajstić information content (AvgIpc) is 2.70. The number of rotatable bonds is 6. The van der Waals surface area contributed by atoms with E-state index in [2.05, 4.69) is 16.0 Å². The third-order valence-corrected chi connectivity index (χ3v) is 4.85. The number of methoxy groups -OCH3 is 1. The molecule has 0 bridgehead atoms. The molecule has 0 radical (unpaired) electrons. The van der Waals surface area contributed by atoms with Crippen molar-refractivity contribution in [3.05, 3.63) is 81.8 Å². The van der Waals surface area contributed by atoms with Gasteiger partial charge in [-0.25, -0.2) is 14.0 Å². The molecular weight excluding hydrogens is 373 g/mol. The van der Waals surface area contributed by atoms with Crippen LogP contribution in [0.25, 0.3) is 0 Å². The molecule has 2 aromatic carbocycles. The average molecular weight is 397 g/mol. The lowest BCUT2D eigenvalue weighted by atomic mass is 9.91. The molecule has 1 atom stereocenters. The number of urea groups is 1. The molecule has 0 aromatic heterocycles. The Morgan fingerprint density at radius 3 is 2.55 bits per heavy atom. The lowest BCUT2D eigenvalue weighted by Gasteiger charge is -2.30. The number of nitrogens with one attached hydrogen (secondary N) is 3. The maximum Gasteiger partial charge on any atom is 0.338 e. The van der Waals surface area contributed by atoms with E-state index >= 15 is 0 Å². The summed E-state index contributed by atoms with van der Waals surface area (Å²) in [6.45, 7) is 4.59. The van der Waals surface area contributed by atoms with Crippen LogP contribution in [0.4, 0.5) is 9.18 Å². The van der Waals surface area contributed by atoms with Crippen LogP contribution in [0.1, 0.15) is 28.3 Å². The van der Waals surface area contributed by atoms with Gasteiger partial charge in [-0.05, 0) is 42.7 Å².